The number of unbranched alkanes of at least 4 members (excludes halogenated alkanes) is 1. The van der Waals surface area contributed by atoms with E-state index in [1.54, 1.807) is 0 Å². The molecule has 102 valence electrons. The van der Waals surface area contributed by atoms with Crippen LogP contribution in [0.1, 0.15) is 33.6 Å². The van der Waals surface area contributed by atoms with E-state index in [1.807, 2.05) is 4.98 Å². The molecule has 0 aromatic carbocycles. The lowest BCUT2D eigenvalue weighted by molar-refractivity contribution is 0.412. The van der Waals surface area contributed by atoms with Crippen LogP contribution in [-0.2, 0) is 6.54 Å². The van der Waals surface area contributed by atoms with E-state index >= 15 is 0 Å². The smallest absolute Gasteiger partial charge is 0.312 e. The Bertz CT molecular complexity index is 499. The molecule has 1 rings (SSSR count). The Kier molecular flexibility index (Phi) is 4.84. The average Bonchev–Trinajstić information content (AvgIpc) is 2.23. The highest BCUT2D eigenvalue weighted by Crippen LogP contribution is 1.99. The van der Waals surface area contributed by atoms with Crippen LogP contribution >= 0.6 is 0 Å². The number of H-pyrrole nitrogens is 1. The summed E-state index contributed by atoms with van der Waals surface area (Å²) in [5.74, 6) is -0.928. The molecule has 0 bridgehead atoms. The van der Waals surface area contributed by atoms with Gasteiger partial charge in [-0.25, -0.2) is 4.79 Å². The van der Waals surface area contributed by atoms with Crippen molar-refractivity contribution in [2.24, 2.45) is 0 Å². The van der Waals surface area contributed by atoms with E-state index in [0.29, 0.717) is 6.54 Å². The first kappa shape index (κ1) is 14.6. The first-order valence-corrected chi connectivity index (χ1v) is 6.04. The second kappa shape index (κ2) is 5.95. The zero-order valence-corrected chi connectivity index (χ0v) is 11.0. The molecule has 0 fully saturated rings. The molecule has 0 amide bonds. The topological polar surface area (TPSA) is 66.9 Å². The van der Waals surface area contributed by atoms with E-state index in [9.17, 15) is 14.0 Å². The van der Waals surface area contributed by atoms with E-state index in [1.165, 1.54) is 4.57 Å². The second-order valence-electron chi connectivity index (χ2n) is 5.31. The summed E-state index contributed by atoms with van der Waals surface area (Å²) in [7, 11) is 0. The zero-order valence-electron chi connectivity index (χ0n) is 11.0. The van der Waals surface area contributed by atoms with Crippen LogP contribution in [0.15, 0.2) is 15.8 Å². The first-order valence-electron chi connectivity index (χ1n) is 6.04. The summed E-state index contributed by atoms with van der Waals surface area (Å²) >= 11 is 0. The third kappa shape index (κ3) is 4.83. The lowest BCUT2D eigenvalue weighted by Crippen LogP contribution is -2.36. The minimum absolute atomic E-state index is 0.0704. The Balaban J connectivity index is 2.43. The van der Waals surface area contributed by atoms with Gasteiger partial charge in [0.15, 0.2) is 0 Å². The van der Waals surface area contributed by atoms with Crippen molar-refractivity contribution in [3.63, 3.8) is 0 Å². The maximum Gasteiger partial charge on any atom is 0.328 e. The Labute approximate surface area is 105 Å². The number of nitrogens with zero attached hydrogens (tertiary/aromatic N) is 1. The largest absolute Gasteiger partial charge is 0.328 e. The second-order valence-corrected chi connectivity index (χ2v) is 5.31. The third-order valence-corrected chi connectivity index (χ3v) is 2.45. The molecule has 0 aliphatic carbocycles. The van der Waals surface area contributed by atoms with Gasteiger partial charge in [-0.05, 0) is 40.2 Å². The van der Waals surface area contributed by atoms with Crippen LogP contribution in [0.4, 0.5) is 4.39 Å². The predicted octanol–water partition coefficient (Wildman–Crippen LogP) is 0.844. The summed E-state index contributed by atoms with van der Waals surface area (Å²) in [5, 5.41) is 3.32. The Morgan fingerprint density at radius 1 is 1.33 bits per heavy atom. The predicted molar refractivity (Wildman–Crippen MR) is 68.3 cm³/mol. The maximum atomic E-state index is 13.0. The zero-order chi connectivity index (χ0) is 13.8. The highest BCUT2D eigenvalue weighted by atomic mass is 19.1. The Morgan fingerprint density at radius 3 is 2.61 bits per heavy atom. The van der Waals surface area contributed by atoms with Crippen LogP contribution in [0.2, 0.25) is 0 Å². The molecular weight excluding hydrogens is 237 g/mol. The first-order chi connectivity index (χ1) is 8.29. The molecule has 1 aromatic heterocycles. The number of aryl methyl sites for hydroxylation is 1. The summed E-state index contributed by atoms with van der Waals surface area (Å²) in [4.78, 5) is 24.1. The molecule has 6 heteroatoms. The van der Waals surface area contributed by atoms with Gasteiger partial charge in [0.2, 0.25) is 5.82 Å². The third-order valence-electron chi connectivity index (χ3n) is 2.45. The minimum Gasteiger partial charge on any atom is -0.312 e. The summed E-state index contributed by atoms with van der Waals surface area (Å²) in [6.45, 7) is 7.47. The van der Waals surface area contributed by atoms with Crippen molar-refractivity contribution in [3.8, 4) is 0 Å². The molecule has 0 atom stereocenters. The van der Waals surface area contributed by atoms with Crippen LogP contribution < -0.4 is 16.6 Å². The molecule has 1 aromatic rings. The molecule has 1 heterocycles. The van der Waals surface area contributed by atoms with Gasteiger partial charge >= 0.3 is 5.69 Å². The van der Waals surface area contributed by atoms with Gasteiger partial charge in [0.05, 0.1) is 6.20 Å². The molecule has 5 nitrogen and oxygen atoms in total. The van der Waals surface area contributed by atoms with Crippen LogP contribution in [0.5, 0.6) is 0 Å². The van der Waals surface area contributed by atoms with Gasteiger partial charge in [-0.3, -0.25) is 14.3 Å². The van der Waals surface area contributed by atoms with Crippen molar-refractivity contribution in [1.82, 2.24) is 14.9 Å². The van der Waals surface area contributed by atoms with Gasteiger partial charge in [0.25, 0.3) is 5.56 Å². The lowest BCUT2D eigenvalue weighted by Gasteiger charge is -2.20. The van der Waals surface area contributed by atoms with E-state index in [0.717, 1.165) is 25.6 Å². The van der Waals surface area contributed by atoms with Crippen molar-refractivity contribution in [3.05, 3.63) is 32.9 Å². The number of aromatic nitrogens is 2. The van der Waals surface area contributed by atoms with Crippen molar-refractivity contribution in [2.75, 3.05) is 6.54 Å². The molecule has 0 saturated carbocycles. The van der Waals surface area contributed by atoms with Crippen LogP contribution in [-0.4, -0.2) is 21.6 Å². The Hall–Kier alpha value is -1.43. The molecule has 2 N–H and O–H groups in total. The van der Waals surface area contributed by atoms with Crippen LogP contribution in [0.25, 0.3) is 0 Å². The summed E-state index contributed by atoms with van der Waals surface area (Å²) in [6, 6.07) is 0. The molecule has 18 heavy (non-hydrogen) atoms. The fourth-order valence-electron chi connectivity index (χ4n) is 1.52. The number of nitrogens with one attached hydrogen (secondary N) is 2. The maximum absolute atomic E-state index is 13.0. The van der Waals surface area contributed by atoms with E-state index in [4.69, 9.17) is 0 Å². The van der Waals surface area contributed by atoms with Crippen LogP contribution in [0.3, 0.4) is 0 Å². The number of halogens is 1. The molecule has 0 spiro atoms. The number of hydrogen-bond acceptors (Lipinski definition) is 3. The summed E-state index contributed by atoms with van der Waals surface area (Å²) in [5.41, 5.74) is -1.46. The fourth-order valence-corrected chi connectivity index (χ4v) is 1.52. The minimum atomic E-state index is -0.967. The number of rotatable bonds is 5. The van der Waals surface area contributed by atoms with Gasteiger partial charge in [0.1, 0.15) is 0 Å². The van der Waals surface area contributed by atoms with Gasteiger partial charge in [-0.15, -0.1) is 0 Å². The molecule has 0 aliphatic heterocycles. The fraction of sp³-hybridized carbons (Fsp3) is 0.667. The number of aromatic amines is 1. The normalized spacial score (nSPS) is 11.8. The lowest BCUT2D eigenvalue weighted by atomic mass is 10.1. The standard InChI is InChI=1S/C12H20FN3O2/c1-12(2,3)14-6-4-5-7-16-8-9(13)10(17)15-11(16)18/h8,14H,4-7H2,1-3H3,(H,15,17,18). The quantitative estimate of drug-likeness (QED) is 0.768. The van der Waals surface area contributed by atoms with Crippen molar-refractivity contribution in [1.29, 1.82) is 0 Å². The van der Waals surface area contributed by atoms with Crippen molar-refractivity contribution in [2.45, 2.75) is 45.7 Å². The van der Waals surface area contributed by atoms with E-state index < -0.39 is 17.1 Å². The monoisotopic (exact) mass is 257 g/mol. The highest BCUT2D eigenvalue weighted by molar-refractivity contribution is 4.86. The molecule has 0 unspecified atom stereocenters. The number of hydrogen-bond donors (Lipinski definition) is 2. The van der Waals surface area contributed by atoms with Gasteiger partial charge in [-0.1, -0.05) is 0 Å². The molecule has 0 aliphatic rings. The summed E-state index contributed by atoms with van der Waals surface area (Å²) in [6.07, 6.45) is 2.58. The SMILES string of the molecule is CC(C)(C)NCCCCn1cc(F)c(=O)[nH]c1=O. The molecule has 0 radical (unpaired) electrons. The molecule has 0 saturated heterocycles. The van der Waals surface area contributed by atoms with Crippen molar-refractivity contribution < 1.29 is 4.39 Å². The summed E-state index contributed by atoms with van der Waals surface area (Å²) < 4.78 is 14.2. The van der Waals surface area contributed by atoms with E-state index in [-0.39, 0.29) is 5.54 Å². The van der Waals surface area contributed by atoms with E-state index in [2.05, 4.69) is 26.1 Å². The Morgan fingerprint density at radius 2 is 2.00 bits per heavy atom. The van der Waals surface area contributed by atoms with Gasteiger partial charge < -0.3 is 5.32 Å². The van der Waals surface area contributed by atoms with Gasteiger partial charge in [0, 0.05) is 12.1 Å². The highest BCUT2D eigenvalue weighted by Gasteiger charge is 2.07. The van der Waals surface area contributed by atoms with Gasteiger partial charge in [-0.2, -0.15) is 4.39 Å². The molecular formula is C12H20FN3O2. The average molecular weight is 257 g/mol. The van der Waals surface area contributed by atoms with Crippen LogP contribution in [0, 0.1) is 5.82 Å². The van der Waals surface area contributed by atoms with Crippen molar-refractivity contribution >= 4 is 0 Å².